The van der Waals surface area contributed by atoms with Crippen molar-refractivity contribution >= 4 is 17.7 Å². The summed E-state index contributed by atoms with van der Waals surface area (Å²) >= 11 is 0. The molecule has 3 amide bonds. The fourth-order valence-electron chi connectivity index (χ4n) is 3.62. The summed E-state index contributed by atoms with van der Waals surface area (Å²) in [6.45, 7) is 11.1. The Bertz CT molecular complexity index is 803. The second kappa shape index (κ2) is 35.7. The highest BCUT2D eigenvalue weighted by Gasteiger charge is 2.22. The van der Waals surface area contributed by atoms with Crippen molar-refractivity contribution in [3.8, 4) is 0 Å². The van der Waals surface area contributed by atoms with Crippen molar-refractivity contribution in [3.05, 3.63) is 12.2 Å². The van der Waals surface area contributed by atoms with Crippen LogP contribution in [0, 0.1) is 0 Å². The normalized spacial score (nSPS) is 12.9. The van der Waals surface area contributed by atoms with Gasteiger partial charge in [0, 0.05) is 25.6 Å². The van der Waals surface area contributed by atoms with Gasteiger partial charge in [0.2, 0.25) is 5.91 Å². The average Bonchev–Trinajstić information content (AvgIpc) is 3.43. The van der Waals surface area contributed by atoms with E-state index in [9.17, 15) is 14.4 Å². The number of hydrogen-bond acceptors (Lipinski definition) is 15. The van der Waals surface area contributed by atoms with Crippen LogP contribution in [0.1, 0.15) is 6.42 Å². The number of imide groups is 1. The van der Waals surface area contributed by atoms with E-state index >= 15 is 0 Å². The Balaban J connectivity index is 1.62. The number of hydrogen-bond donors (Lipinski definition) is 1. The number of nitrogens with one attached hydrogen (secondary N) is 1. The maximum Gasteiger partial charge on any atom is 0.253 e. The molecule has 0 aromatic carbocycles. The third-order valence-corrected chi connectivity index (χ3v) is 6.20. The molecule has 0 atom stereocenters. The predicted octanol–water partition coefficient (Wildman–Crippen LogP) is -0.753. The van der Waals surface area contributed by atoms with Crippen molar-refractivity contribution in [2.24, 2.45) is 0 Å². The van der Waals surface area contributed by atoms with Gasteiger partial charge in [0.1, 0.15) is 0 Å². The average molecular weight is 711 g/mol. The van der Waals surface area contributed by atoms with Gasteiger partial charge >= 0.3 is 0 Å². The largest absolute Gasteiger partial charge is 0.379 e. The molecular formula is C32H58N2O15. The molecule has 0 fully saturated rings. The van der Waals surface area contributed by atoms with Gasteiger partial charge in [-0.1, -0.05) is 0 Å². The Labute approximate surface area is 290 Å². The lowest BCUT2D eigenvalue weighted by Crippen LogP contribution is -2.33. The van der Waals surface area contributed by atoms with E-state index in [0.717, 1.165) is 4.90 Å². The lowest BCUT2D eigenvalue weighted by molar-refractivity contribution is -0.137. The monoisotopic (exact) mass is 710 g/mol. The minimum Gasteiger partial charge on any atom is -0.379 e. The summed E-state index contributed by atoms with van der Waals surface area (Å²) in [5.41, 5.74) is 0. The third-order valence-electron chi connectivity index (χ3n) is 6.20. The summed E-state index contributed by atoms with van der Waals surface area (Å²) < 4.78 is 65.1. The van der Waals surface area contributed by atoms with Crippen LogP contribution in [0.15, 0.2) is 12.2 Å². The smallest absolute Gasteiger partial charge is 0.253 e. The van der Waals surface area contributed by atoms with Gasteiger partial charge in [0.05, 0.1) is 165 Å². The van der Waals surface area contributed by atoms with E-state index in [2.05, 4.69) is 5.32 Å². The number of carbonyl (C=O) groups excluding carboxylic acids is 3. The molecule has 286 valence electrons. The summed E-state index contributed by atoms with van der Waals surface area (Å²) in [6, 6.07) is 0. The molecular weight excluding hydrogens is 652 g/mol. The molecule has 0 unspecified atom stereocenters. The topological polar surface area (TPSA) is 177 Å². The van der Waals surface area contributed by atoms with Crippen LogP contribution in [0.5, 0.6) is 0 Å². The zero-order valence-electron chi connectivity index (χ0n) is 29.1. The highest BCUT2D eigenvalue weighted by atomic mass is 16.6. The summed E-state index contributed by atoms with van der Waals surface area (Å²) in [5, 5.41) is 2.54. The first-order valence-electron chi connectivity index (χ1n) is 16.8. The minimum absolute atomic E-state index is 0.0416. The second-order valence-corrected chi connectivity index (χ2v) is 9.93. The van der Waals surface area contributed by atoms with Gasteiger partial charge in [-0.25, -0.2) is 0 Å². The number of rotatable bonds is 39. The van der Waals surface area contributed by atoms with Gasteiger partial charge in [-0.15, -0.1) is 0 Å². The van der Waals surface area contributed by atoms with Gasteiger partial charge < -0.3 is 62.2 Å². The molecule has 0 aliphatic carbocycles. The molecule has 17 nitrogen and oxygen atoms in total. The first-order chi connectivity index (χ1) is 24.1. The van der Waals surface area contributed by atoms with Crippen LogP contribution >= 0.6 is 0 Å². The maximum atomic E-state index is 11.4. The van der Waals surface area contributed by atoms with E-state index in [1.54, 1.807) is 7.05 Å². The minimum atomic E-state index is -0.310. The zero-order chi connectivity index (χ0) is 35.3. The Hall–Kier alpha value is -2.13. The molecule has 0 bridgehead atoms. The van der Waals surface area contributed by atoms with Crippen molar-refractivity contribution < 1.29 is 71.2 Å². The van der Waals surface area contributed by atoms with E-state index in [1.807, 2.05) is 0 Å². The first-order valence-corrected chi connectivity index (χ1v) is 16.8. The standard InChI is InChI=1S/C32H58N2O15/c1-33-30(35)4-6-38-8-10-40-12-14-42-16-18-44-20-22-46-24-26-48-28-29-49-27-25-47-23-21-45-19-17-43-15-13-41-11-9-39-7-5-34-31(36)2-3-32(34)37/h2-3H,4-29H2,1H3,(H,33,35). The summed E-state index contributed by atoms with van der Waals surface area (Å²) in [7, 11) is 1.60. The van der Waals surface area contributed by atoms with Crippen molar-refractivity contribution in [1.29, 1.82) is 0 Å². The van der Waals surface area contributed by atoms with Crippen LogP contribution in [-0.2, 0) is 71.2 Å². The van der Waals surface area contributed by atoms with Crippen LogP contribution in [0.2, 0.25) is 0 Å². The maximum absolute atomic E-state index is 11.4. The van der Waals surface area contributed by atoms with Gasteiger partial charge in [-0.3, -0.25) is 19.3 Å². The summed E-state index contributed by atoms with van der Waals surface area (Å²) in [5.74, 6) is -0.661. The molecule has 1 N–H and O–H groups in total. The molecule has 1 rings (SSSR count). The lowest BCUT2D eigenvalue weighted by Gasteiger charge is -2.13. The number of carbonyl (C=O) groups is 3. The van der Waals surface area contributed by atoms with Crippen LogP contribution < -0.4 is 5.32 Å². The molecule has 0 saturated heterocycles. The van der Waals surface area contributed by atoms with E-state index in [1.165, 1.54) is 12.2 Å². The van der Waals surface area contributed by atoms with E-state index in [0.29, 0.717) is 158 Å². The Kier molecular flexibility index (Phi) is 32.7. The number of ether oxygens (including phenoxy) is 12. The van der Waals surface area contributed by atoms with E-state index in [4.69, 9.17) is 56.8 Å². The fourth-order valence-corrected chi connectivity index (χ4v) is 3.62. The van der Waals surface area contributed by atoms with E-state index < -0.39 is 0 Å². The fraction of sp³-hybridized carbons (Fsp3) is 0.844. The van der Waals surface area contributed by atoms with Crippen molar-refractivity contribution in [2.75, 3.05) is 172 Å². The van der Waals surface area contributed by atoms with E-state index in [-0.39, 0.29) is 30.9 Å². The van der Waals surface area contributed by atoms with Gasteiger partial charge in [-0.05, 0) is 0 Å². The van der Waals surface area contributed by atoms with Crippen molar-refractivity contribution in [3.63, 3.8) is 0 Å². The molecule has 17 heteroatoms. The molecule has 49 heavy (non-hydrogen) atoms. The van der Waals surface area contributed by atoms with Crippen LogP contribution in [0.25, 0.3) is 0 Å². The van der Waals surface area contributed by atoms with Crippen molar-refractivity contribution in [1.82, 2.24) is 10.2 Å². The predicted molar refractivity (Wildman–Crippen MR) is 174 cm³/mol. The Morgan fingerprint density at radius 2 is 0.653 bits per heavy atom. The van der Waals surface area contributed by atoms with Gasteiger partial charge in [0.15, 0.2) is 0 Å². The van der Waals surface area contributed by atoms with Gasteiger partial charge in [0.25, 0.3) is 11.8 Å². The molecule has 0 saturated carbocycles. The summed E-state index contributed by atoms with van der Waals surface area (Å²) in [6.07, 6.45) is 2.85. The number of amides is 3. The van der Waals surface area contributed by atoms with Crippen LogP contribution in [-0.4, -0.2) is 195 Å². The molecule has 1 aliphatic rings. The van der Waals surface area contributed by atoms with Gasteiger partial charge in [-0.2, -0.15) is 0 Å². The first kappa shape index (κ1) is 44.9. The zero-order valence-corrected chi connectivity index (χ0v) is 29.1. The second-order valence-electron chi connectivity index (χ2n) is 9.93. The molecule has 1 aliphatic heterocycles. The summed E-state index contributed by atoms with van der Waals surface area (Å²) in [4.78, 5) is 35.0. The Morgan fingerprint density at radius 1 is 0.429 bits per heavy atom. The lowest BCUT2D eigenvalue weighted by atomic mass is 10.4. The Morgan fingerprint density at radius 3 is 0.898 bits per heavy atom. The number of nitrogens with zero attached hydrogens (tertiary/aromatic N) is 1. The molecule has 0 radical (unpaired) electrons. The van der Waals surface area contributed by atoms with Crippen LogP contribution in [0.4, 0.5) is 0 Å². The van der Waals surface area contributed by atoms with Crippen LogP contribution in [0.3, 0.4) is 0 Å². The molecule has 0 spiro atoms. The quantitative estimate of drug-likeness (QED) is 0.0622. The molecule has 0 aromatic rings. The molecule has 0 aromatic heterocycles. The highest BCUT2D eigenvalue weighted by molar-refractivity contribution is 6.12. The van der Waals surface area contributed by atoms with Crippen molar-refractivity contribution in [2.45, 2.75) is 6.42 Å². The third kappa shape index (κ3) is 30.4. The SMILES string of the molecule is CNC(=O)CCOCCOCCOCCOCCOCCOCCOCCOCCOCCOCCOCCOCCN1C(=O)C=CC1=O. The molecule has 1 heterocycles. The highest BCUT2D eigenvalue weighted by Crippen LogP contribution is 2.02.